The molecule has 2 rings (SSSR count). The van der Waals surface area contributed by atoms with Crippen LogP contribution in [0.4, 0.5) is 5.69 Å². The molecule has 1 heterocycles. The Balaban J connectivity index is 2.10. The summed E-state index contributed by atoms with van der Waals surface area (Å²) in [5, 5.41) is 27.3. The number of aromatic nitrogens is 1. The molecule has 140 valence electrons. The lowest BCUT2D eigenvalue weighted by molar-refractivity contribution is -0.120. The lowest BCUT2D eigenvalue weighted by atomic mass is 10.2. The fourth-order valence-corrected chi connectivity index (χ4v) is 3.79. The molecule has 0 aliphatic rings. The van der Waals surface area contributed by atoms with Crippen molar-refractivity contribution in [1.82, 2.24) is 10.3 Å². The van der Waals surface area contributed by atoms with Gasteiger partial charge in [0.2, 0.25) is 11.8 Å². The molecular formula is C17H21N3O4S2. The van der Waals surface area contributed by atoms with Crippen LogP contribution in [0.5, 0.6) is 11.5 Å². The van der Waals surface area contributed by atoms with Gasteiger partial charge in [-0.05, 0) is 13.0 Å². The first-order valence-corrected chi connectivity index (χ1v) is 9.75. The highest BCUT2D eigenvalue weighted by Gasteiger charge is 2.15. The van der Waals surface area contributed by atoms with Crippen LogP contribution in [0.1, 0.15) is 26.5 Å². The highest BCUT2D eigenvalue weighted by molar-refractivity contribution is 8.01. The van der Waals surface area contributed by atoms with Crippen LogP contribution in [0.15, 0.2) is 26.7 Å². The third-order valence-corrected chi connectivity index (χ3v) is 5.34. The standard InChI is InChI=1S/C17H21N3O4S2/c1-4-18-15(23)5-10-8-25-17(19-10)26-14-7-12(21)11(6-13(14)22)20-16(24)9(2)3/h6-9,21-22H,4-5H2,1-3H3,(H,18,23)(H,20,24). The first-order valence-electron chi connectivity index (χ1n) is 8.06. The molecule has 0 spiro atoms. The summed E-state index contributed by atoms with van der Waals surface area (Å²) in [4.78, 5) is 28.1. The molecule has 9 heteroatoms. The molecule has 1 aromatic heterocycles. The Kier molecular flexibility index (Phi) is 6.87. The van der Waals surface area contributed by atoms with Crippen molar-refractivity contribution in [1.29, 1.82) is 0 Å². The smallest absolute Gasteiger partial charge is 0.227 e. The predicted octanol–water partition coefficient (Wildman–Crippen LogP) is 2.98. The fraction of sp³-hybridized carbons (Fsp3) is 0.353. The van der Waals surface area contributed by atoms with Crippen molar-refractivity contribution in [2.24, 2.45) is 5.92 Å². The number of hydrogen-bond acceptors (Lipinski definition) is 7. The number of likely N-dealkylation sites (N-methyl/N-ethyl adjacent to an activating group) is 1. The summed E-state index contributed by atoms with van der Waals surface area (Å²) in [7, 11) is 0. The number of hydrogen-bond donors (Lipinski definition) is 4. The van der Waals surface area contributed by atoms with Crippen LogP contribution in [-0.4, -0.2) is 33.6 Å². The zero-order chi connectivity index (χ0) is 19.3. The molecule has 0 saturated heterocycles. The van der Waals surface area contributed by atoms with Crippen molar-refractivity contribution in [3.8, 4) is 11.5 Å². The van der Waals surface area contributed by atoms with E-state index in [0.717, 1.165) is 0 Å². The number of nitrogens with one attached hydrogen (secondary N) is 2. The summed E-state index contributed by atoms with van der Waals surface area (Å²) in [5.74, 6) is -0.815. The Labute approximate surface area is 159 Å². The number of phenols is 2. The molecule has 1 aromatic carbocycles. The van der Waals surface area contributed by atoms with Crippen molar-refractivity contribution >= 4 is 40.6 Å². The van der Waals surface area contributed by atoms with Crippen molar-refractivity contribution in [3.63, 3.8) is 0 Å². The summed E-state index contributed by atoms with van der Waals surface area (Å²) in [6, 6.07) is 2.68. The molecule has 2 amide bonds. The average molecular weight is 396 g/mol. The number of thiazole rings is 1. The molecule has 0 fully saturated rings. The van der Waals surface area contributed by atoms with Crippen LogP contribution in [-0.2, 0) is 16.0 Å². The second-order valence-corrected chi connectivity index (χ2v) is 7.97. The fourth-order valence-electron chi connectivity index (χ4n) is 1.95. The predicted molar refractivity (Wildman–Crippen MR) is 102 cm³/mol. The minimum absolute atomic E-state index is 0.0765. The van der Waals surface area contributed by atoms with Crippen molar-refractivity contribution in [2.45, 2.75) is 36.4 Å². The molecule has 26 heavy (non-hydrogen) atoms. The maximum Gasteiger partial charge on any atom is 0.227 e. The van der Waals surface area contributed by atoms with Gasteiger partial charge in [-0.3, -0.25) is 9.59 Å². The molecule has 0 radical (unpaired) electrons. The van der Waals surface area contributed by atoms with Gasteiger partial charge in [0.1, 0.15) is 11.5 Å². The second kappa shape index (κ2) is 8.91. The lowest BCUT2D eigenvalue weighted by Crippen LogP contribution is -2.24. The maximum atomic E-state index is 11.7. The number of phenolic OH excluding ortho intramolecular Hbond substituents is 2. The van der Waals surface area contributed by atoms with Crippen LogP contribution in [0.25, 0.3) is 0 Å². The van der Waals surface area contributed by atoms with Gasteiger partial charge in [-0.15, -0.1) is 11.3 Å². The van der Waals surface area contributed by atoms with E-state index in [0.29, 0.717) is 21.5 Å². The van der Waals surface area contributed by atoms with E-state index >= 15 is 0 Å². The van der Waals surface area contributed by atoms with Crippen molar-refractivity contribution < 1.29 is 19.8 Å². The van der Waals surface area contributed by atoms with Crippen LogP contribution in [0.2, 0.25) is 0 Å². The molecule has 0 aliphatic carbocycles. The number of carbonyl (C=O) groups is 2. The van der Waals surface area contributed by atoms with Gasteiger partial charge >= 0.3 is 0 Å². The minimum Gasteiger partial charge on any atom is -0.507 e. The van der Waals surface area contributed by atoms with Gasteiger partial charge < -0.3 is 20.8 Å². The van der Waals surface area contributed by atoms with Gasteiger partial charge in [-0.2, -0.15) is 0 Å². The molecule has 0 aliphatic heterocycles. The van der Waals surface area contributed by atoms with Crippen LogP contribution < -0.4 is 10.6 Å². The van der Waals surface area contributed by atoms with E-state index in [-0.39, 0.29) is 41.3 Å². The largest absolute Gasteiger partial charge is 0.507 e. The third-order valence-electron chi connectivity index (χ3n) is 3.30. The monoisotopic (exact) mass is 395 g/mol. The van der Waals surface area contributed by atoms with E-state index < -0.39 is 0 Å². The molecular weight excluding hydrogens is 374 g/mol. The summed E-state index contributed by atoms with van der Waals surface area (Å²) in [5.41, 5.74) is 0.801. The highest BCUT2D eigenvalue weighted by Crippen LogP contribution is 2.41. The molecule has 0 saturated carbocycles. The van der Waals surface area contributed by atoms with Gasteiger partial charge in [-0.1, -0.05) is 25.6 Å². The lowest BCUT2D eigenvalue weighted by Gasteiger charge is -2.11. The van der Waals surface area contributed by atoms with E-state index in [1.165, 1.54) is 35.2 Å². The number of benzene rings is 1. The topological polar surface area (TPSA) is 112 Å². The highest BCUT2D eigenvalue weighted by atomic mass is 32.2. The molecule has 0 atom stereocenters. The quantitative estimate of drug-likeness (QED) is 0.424. The van der Waals surface area contributed by atoms with Crippen molar-refractivity contribution in [2.75, 3.05) is 11.9 Å². The van der Waals surface area contributed by atoms with Gasteiger partial charge in [0.05, 0.1) is 22.7 Å². The summed E-state index contributed by atoms with van der Waals surface area (Å²) in [6.45, 7) is 5.88. The minimum atomic E-state index is -0.255. The van der Waals surface area contributed by atoms with Crippen molar-refractivity contribution in [3.05, 3.63) is 23.2 Å². The number of carbonyl (C=O) groups excluding carboxylic acids is 2. The van der Waals surface area contributed by atoms with Crippen LogP contribution >= 0.6 is 23.1 Å². The summed E-state index contributed by atoms with van der Waals surface area (Å²) < 4.78 is 0.637. The molecule has 4 N–H and O–H groups in total. The maximum absolute atomic E-state index is 11.7. The molecule has 0 unspecified atom stereocenters. The second-order valence-electron chi connectivity index (χ2n) is 5.82. The van der Waals surface area contributed by atoms with Gasteiger partial charge in [0.25, 0.3) is 0 Å². The Morgan fingerprint density at radius 2 is 2.00 bits per heavy atom. The number of aromatic hydroxyl groups is 2. The zero-order valence-corrected chi connectivity index (χ0v) is 16.3. The van der Waals surface area contributed by atoms with Gasteiger partial charge in [0, 0.05) is 23.9 Å². The number of nitrogens with zero attached hydrogens (tertiary/aromatic N) is 1. The number of rotatable bonds is 7. The molecule has 2 aromatic rings. The van der Waals surface area contributed by atoms with Crippen LogP contribution in [0.3, 0.4) is 0 Å². The average Bonchev–Trinajstić information content (AvgIpc) is 2.99. The Morgan fingerprint density at radius 3 is 2.65 bits per heavy atom. The Hall–Kier alpha value is -2.26. The van der Waals surface area contributed by atoms with Gasteiger partial charge in [0.15, 0.2) is 4.34 Å². The zero-order valence-electron chi connectivity index (χ0n) is 14.7. The molecule has 0 bridgehead atoms. The van der Waals surface area contributed by atoms with E-state index in [2.05, 4.69) is 15.6 Å². The Bertz CT molecular complexity index is 805. The van der Waals surface area contributed by atoms with Gasteiger partial charge in [-0.25, -0.2) is 4.98 Å². The third kappa shape index (κ3) is 5.37. The number of anilines is 1. The van der Waals surface area contributed by atoms with E-state index in [1.807, 2.05) is 6.92 Å². The van der Waals surface area contributed by atoms with E-state index in [4.69, 9.17) is 0 Å². The van der Waals surface area contributed by atoms with E-state index in [1.54, 1.807) is 19.2 Å². The normalized spacial score (nSPS) is 10.8. The van der Waals surface area contributed by atoms with Crippen LogP contribution in [0, 0.1) is 5.92 Å². The molecule has 7 nitrogen and oxygen atoms in total. The summed E-state index contributed by atoms with van der Waals surface area (Å²) >= 11 is 2.52. The Morgan fingerprint density at radius 1 is 1.27 bits per heavy atom. The summed E-state index contributed by atoms with van der Waals surface area (Å²) in [6.07, 6.45) is 0.197. The van der Waals surface area contributed by atoms with E-state index in [9.17, 15) is 19.8 Å². The first kappa shape index (κ1) is 20.1. The number of amides is 2. The first-order chi connectivity index (χ1) is 12.3. The SMILES string of the molecule is CCNC(=O)Cc1csc(Sc2cc(O)c(NC(=O)C(C)C)cc2O)n1.